The van der Waals surface area contributed by atoms with Crippen molar-refractivity contribution in [1.82, 2.24) is 0 Å². The van der Waals surface area contributed by atoms with Crippen LogP contribution in [0.2, 0.25) is 0 Å². The molecule has 3 aromatic rings. The van der Waals surface area contributed by atoms with Crippen LogP contribution >= 0.6 is 0 Å². The number of benzene rings is 2. The number of hydrogen-bond donors (Lipinski definition) is 1. The summed E-state index contributed by atoms with van der Waals surface area (Å²) in [6.45, 7) is 5.18. The van der Waals surface area contributed by atoms with Gasteiger partial charge < -0.3 is 14.3 Å². The molecule has 0 aliphatic carbocycles. The molecule has 2 aromatic carbocycles. The van der Waals surface area contributed by atoms with Gasteiger partial charge in [-0.2, -0.15) is 0 Å². The number of aryl methyl sites for hydroxylation is 3. The van der Waals surface area contributed by atoms with E-state index in [4.69, 9.17) is 14.3 Å². The van der Waals surface area contributed by atoms with E-state index in [1.165, 1.54) is 0 Å². The Morgan fingerprint density at radius 1 is 1.08 bits per heavy atom. The molecular weight excluding hydrogens is 320 g/mol. The molecule has 0 fully saturated rings. The van der Waals surface area contributed by atoms with Crippen molar-refractivity contribution in [2.75, 3.05) is 6.61 Å². The molecule has 0 saturated carbocycles. The third kappa shape index (κ3) is 3.26. The van der Waals surface area contributed by atoms with Crippen molar-refractivity contribution < 1.29 is 19.1 Å². The number of fused-ring (bicyclic) bond motifs is 1. The lowest BCUT2D eigenvalue weighted by Crippen LogP contribution is -2.16. The molecule has 0 radical (unpaired) electrons. The van der Waals surface area contributed by atoms with Gasteiger partial charge in [0.25, 0.3) is 0 Å². The summed E-state index contributed by atoms with van der Waals surface area (Å²) >= 11 is 0. The van der Waals surface area contributed by atoms with E-state index < -0.39 is 12.6 Å². The van der Waals surface area contributed by atoms with Crippen LogP contribution in [0.1, 0.15) is 16.7 Å². The highest BCUT2D eigenvalue weighted by molar-refractivity contribution is 5.83. The van der Waals surface area contributed by atoms with Crippen molar-refractivity contribution in [3.63, 3.8) is 0 Å². The van der Waals surface area contributed by atoms with Gasteiger partial charge in [0.05, 0.1) is 5.39 Å². The molecule has 0 unspecified atom stereocenters. The SMILES string of the molecule is Cc1ccc(-c2oc3cc(C)c(C)cc3c(=O)c2OCC(=O)O)cc1. The monoisotopic (exact) mass is 338 g/mol. The Hall–Kier alpha value is -3.08. The minimum absolute atomic E-state index is 0.0815. The Labute approximate surface area is 144 Å². The van der Waals surface area contributed by atoms with Gasteiger partial charge in [-0.25, -0.2) is 4.79 Å². The first-order valence-electron chi connectivity index (χ1n) is 7.86. The Bertz CT molecular complexity index is 1010. The van der Waals surface area contributed by atoms with Gasteiger partial charge in [-0.3, -0.25) is 4.79 Å². The second-order valence-electron chi connectivity index (χ2n) is 6.07. The summed E-state index contributed by atoms with van der Waals surface area (Å²) in [5.41, 5.74) is 3.75. The molecule has 1 aromatic heterocycles. The lowest BCUT2D eigenvalue weighted by molar-refractivity contribution is -0.139. The third-order valence-corrected chi connectivity index (χ3v) is 4.12. The summed E-state index contributed by atoms with van der Waals surface area (Å²) < 4.78 is 11.2. The van der Waals surface area contributed by atoms with Gasteiger partial charge in [0.1, 0.15) is 5.58 Å². The van der Waals surface area contributed by atoms with Gasteiger partial charge in [-0.1, -0.05) is 29.8 Å². The largest absolute Gasteiger partial charge is 0.479 e. The van der Waals surface area contributed by atoms with Gasteiger partial charge in [0.15, 0.2) is 12.4 Å². The second-order valence-corrected chi connectivity index (χ2v) is 6.07. The van der Waals surface area contributed by atoms with E-state index in [9.17, 15) is 9.59 Å². The van der Waals surface area contributed by atoms with Gasteiger partial charge in [0.2, 0.25) is 11.2 Å². The van der Waals surface area contributed by atoms with Crippen LogP contribution in [-0.4, -0.2) is 17.7 Å². The minimum atomic E-state index is -1.16. The summed E-state index contributed by atoms with van der Waals surface area (Å²) in [4.78, 5) is 23.8. The zero-order valence-corrected chi connectivity index (χ0v) is 14.3. The Balaban J connectivity index is 2.29. The van der Waals surface area contributed by atoms with Crippen molar-refractivity contribution in [1.29, 1.82) is 0 Å². The fourth-order valence-corrected chi connectivity index (χ4v) is 2.59. The average molecular weight is 338 g/mol. The molecule has 5 heteroatoms. The quantitative estimate of drug-likeness (QED) is 0.782. The van der Waals surface area contributed by atoms with Gasteiger partial charge in [-0.15, -0.1) is 0 Å². The normalized spacial score (nSPS) is 10.8. The Kier molecular flexibility index (Phi) is 4.31. The first-order chi connectivity index (χ1) is 11.9. The lowest BCUT2D eigenvalue weighted by Gasteiger charge is -2.12. The molecule has 0 saturated heterocycles. The highest BCUT2D eigenvalue weighted by Gasteiger charge is 2.19. The van der Waals surface area contributed by atoms with Crippen LogP contribution < -0.4 is 10.2 Å². The van der Waals surface area contributed by atoms with Crippen LogP contribution in [0.4, 0.5) is 0 Å². The summed E-state index contributed by atoms with van der Waals surface area (Å²) in [5, 5.41) is 9.27. The topological polar surface area (TPSA) is 76.7 Å². The summed E-state index contributed by atoms with van der Waals surface area (Å²) in [7, 11) is 0. The molecule has 128 valence electrons. The minimum Gasteiger partial charge on any atom is -0.479 e. The summed E-state index contributed by atoms with van der Waals surface area (Å²) in [6.07, 6.45) is 0. The zero-order chi connectivity index (χ0) is 18.1. The molecule has 0 atom stereocenters. The van der Waals surface area contributed by atoms with E-state index in [1.807, 2.05) is 51.1 Å². The van der Waals surface area contributed by atoms with Crippen molar-refractivity contribution in [3.05, 3.63) is 63.3 Å². The number of carbonyl (C=O) groups is 1. The number of rotatable bonds is 4. The molecule has 25 heavy (non-hydrogen) atoms. The molecule has 3 rings (SSSR count). The second kappa shape index (κ2) is 6.43. The Morgan fingerprint density at radius 2 is 1.72 bits per heavy atom. The maximum atomic E-state index is 12.9. The molecule has 5 nitrogen and oxygen atoms in total. The molecule has 1 heterocycles. The zero-order valence-electron chi connectivity index (χ0n) is 14.3. The predicted molar refractivity (Wildman–Crippen MR) is 95.3 cm³/mol. The maximum Gasteiger partial charge on any atom is 0.341 e. The third-order valence-electron chi connectivity index (χ3n) is 4.12. The smallest absolute Gasteiger partial charge is 0.341 e. The molecule has 0 aliphatic rings. The average Bonchev–Trinajstić information content (AvgIpc) is 2.56. The first-order valence-corrected chi connectivity index (χ1v) is 7.86. The van der Waals surface area contributed by atoms with E-state index >= 15 is 0 Å². The van der Waals surface area contributed by atoms with Crippen LogP contribution in [0.3, 0.4) is 0 Å². The highest BCUT2D eigenvalue weighted by Crippen LogP contribution is 2.32. The Morgan fingerprint density at radius 3 is 2.36 bits per heavy atom. The molecule has 0 amide bonds. The van der Waals surface area contributed by atoms with Crippen LogP contribution in [-0.2, 0) is 4.79 Å². The van der Waals surface area contributed by atoms with E-state index in [0.29, 0.717) is 16.5 Å². The number of carboxylic acid groups (broad SMARTS) is 1. The van der Waals surface area contributed by atoms with E-state index in [-0.39, 0.29) is 16.9 Å². The van der Waals surface area contributed by atoms with Crippen LogP contribution in [0.5, 0.6) is 5.75 Å². The van der Waals surface area contributed by atoms with Crippen LogP contribution in [0.25, 0.3) is 22.3 Å². The number of aliphatic carboxylic acids is 1. The van der Waals surface area contributed by atoms with Crippen molar-refractivity contribution in [2.24, 2.45) is 0 Å². The van der Waals surface area contributed by atoms with Gasteiger partial charge in [0, 0.05) is 5.56 Å². The fourth-order valence-electron chi connectivity index (χ4n) is 2.59. The van der Waals surface area contributed by atoms with Crippen molar-refractivity contribution >= 4 is 16.9 Å². The molecule has 0 aliphatic heterocycles. The van der Waals surface area contributed by atoms with Crippen LogP contribution in [0, 0.1) is 20.8 Å². The van der Waals surface area contributed by atoms with Crippen LogP contribution in [0.15, 0.2) is 45.6 Å². The maximum absolute atomic E-state index is 12.9. The summed E-state index contributed by atoms with van der Waals surface area (Å²) in [6, 6.07) is 11.0. The van der Waals surface area contributed by atoms with E-state index in [1.54, 1.807) is 6.07 Å². The highest BCUT2D eigenvalue weighted by atomic mass is 16.5. The number of carboxylic acids is 1. The standard InChI is InChI=1S/C20H18O5/c1-11-4-6-14(7-5-11)19-20(24-10-17(21)22)18(23)15-8-12(2)13(3)9-16(15)25-19/h4-9H,10H2,1-3H3,(H,21,22). The lowest BCUT2D eigenvalue weighted by atomic mass is 10.0. The number of hydrogen-bond acceptors (Lipinski definition) is 4. The fraction of sp³-hybridized carbons (Fsp3) is 0.200. The molecule has 0 bridgehead atoms. The van der Waals surface area contributed by atoms with E-state index in [2.05, 4.69) is 0 Å². The molecule has 1 N–H and O–H groups in total. The predicted octanol–water partition coefficient (Wildman–Crippen LogP) is 3.85. The van der Waals surface area contributed by atoms with Gasteiger partial charge >= 0.3 is 5.97 Å². The van der Waals surface area contributed by atoms with Crippen molar-refractivity contribution in [2.45, 2.75) is 20.8 Å². The van der Waals surface area contributed by atoms with Gasteiger partial charge in [-0.05, 0) is 44.0 Å². The molecule has 0 spiro atoms. The number of ether oxygens (including phenoxy) is 1. The van der Waals surface area contributed by atoms with E-state index in [0.717, 1.165) is 16.7 Å². The van der Waals surface area contributed by atoms with Crippen molar-refractivity contribution in [3.8, 4) is 17.1 Å². The first kappa shape index (κ1) is 16.8. The molecular formula is C20H18O5. The summed E-state index contributed by atoms with van der Waals surface area (Å²) in [5.74, 6) is -1.00.